The lowest BCUT2D eigenvalue weighted by atomic mass is 10.1. The molecule has 0 unspecified atom stereocenters. The number of carbonyl (C=O) groups is 2. The minimum Gasteiger partial charge on any atom is -0.348 e. The largest absolute Gasteiger partial charge is 0.348 e. The normalized spacial score (nSPS) is 12.5. The Hall–Kier alpha value is -3.32. The van der Waals surface area contributed by atoms with E-state index in [-0.39, 0.29) is 29.9 Å². The van der Waals surface area contributed by atoms with Crippen LogP contribution in [0.5, 0.6) is 0 Å². The molecule has 4 aromatic rings. The highest BCUT2D eigenvalue weighted by atomic mass is 35.5. The van der Waals surface area contributed by atoms with Crippen LogP contribution in [0, 0.1) is 5.82 Å². The van der Waals surface area contributed by atoms with Crippen molar-refractivity contribution in [3.05, 3.63) is 123 Å². The first-order valence-corrected chi connectivity index (χ1v) is 12.7. The molecule has 0 radical (unpaired) electrons. The van der Waals surface area contributed by atoms with E-state index in [9.17, 15) is 14.0 Å². The summed E-state index contributed by atoms with van der Waals surface area (Å²) in [4.78, 5) is 29.9. The van der Waals surface area contributed by atoms with E-state index in [1.54, 1.807) is 35.2 Å². The van der Waals surface area contributed by atoms with Gasteiger partial charge in [-0.2, -0.15) is 0 Å². The number of anilines is 1. The van der Waals surface area contributed by atoms with Gasteiger partial charge in [-0.1, -0.05) is 71.4 Å². The van der Waals surface area contributed by atoms with Crippen LogP contribution in [0.1, 0.15) is 31.8 Å². The predicted molar refractivity (Wildman–Crippen MR) is 142 cm³/mol. The molecule has 36 heavy (non-hydrogen) atoms. The minimum absolute atomic E-state index is 0.116. The second kappa shape index (κ2) is 10.3. The van der Waals surface area contributed by atoms with Gasteiger partial charge in [0.1, 0.15) is 5.82 Å². The fourth-order valence-corrected chi connectivity index (χ4v) is 5.45. The first-order valence-electron chi connectivity index (χ1n) is 11.1. The second-order valence-corrected chi connectivity index (χ2v) is 10.1. The van der Waals surface area contributed by atoms with E-state index in [1.165, 1.54) is 23.9 Å². The number of halogens is 3. The third-order valence-electron chi connectivity index (χ3n) is 5.84. The van der Waals surface area contributed by atoms with E-state index >= 15 is 0 Å². The van der Waals surface area contributed by atoms with Crippen molar-refractivity contribution in [2.45, 2.75) is 22.9 Å². The van der Waals surface area contributed by atoms with Crippen molar-refractivity contribution < 1.29 is 14.0 Å². The molecule has 1 aliphatic heterocycles. The lowest BCUT2D eigenvalue weighted by molar-refractivity contribution is 0.0947. The van der Waals surface area contributed by atoms with Crippen LogP contribution < -0.4 is 10.2 Å². The van der Waals surface area contributed by atoms with Crippen LogP contribution >= 0.6 is 35.0 Å². The lowest BCUT2D eigenvalue weighted by Crippen LogP contribution is -2.31. The monoisotopic (exact) mass is 536 g/mol. The van der Waals surface area contributed by atoms with Gasteiger partial charge in [0.25, 0.3) is 11.8 Å². The average Bonchev–Trinajstić information content (AvgIpc) is 2.99. The molecule has 0 saturated heterocycles. The number of benzene rings is 4. The highest BCUT2D eigenvalue weighted by Crippen LogP contribution is 2.42. The molecule has 1 N–H and O–H groups in total. The van der Waals surface area contributed by atoms with E-state index in [0.29, 0.717) is 27.4 Å². The number of amides is 2. The fraction of sp³-hybridized carbons (Fsp3) is 0.0714. The van der Waals surface area contributed by atoms with Gasteiger partial charge in [0.15, 0.2) is 0 Å². The minimum atomic E-state index is -0.454. The number of fused-ring (bicyclic) bond motifs is 2. The molecule has 0 bridgehead atoms. The van der Waals surface area contributed by atoms with Crippen molar-refractivity contribution in [3.63, 3.8) is 0 Å². The molecule has 180 valence electrons. The molecule has 0 aliphatic carbocycles. The SMILES string of the molecule is O=C(NCc1ccccc1Cl)c1ccc2c(c1)N(Cc1ccc(F)cc1Cl)C(=O)c1ccccc1S2. The first kappa shape index (κ1) is 24.4. The molecule has 8 heteroatoms. The van der Waals surface area contributed by atoms with Crippen molar-refractivity contribution in [2.24, 2.45) is 0 Å². The average molecular weight is 537 g/mol. The molecule has 0 aromatic heterocycles. The number of rotatable bonds is 5. The highest BCUT2D eigenvalue weighted by Gasteiger charge is 2.28. The van der Waals surface area contributed by atoms with Gasteiger partial charge >= 0.3 is 0 Å². The summed E-state index contributed by atoms with van der Waals surface area (Å²) < 4.78 is 13.6. The summed E-state index contributed by atoms with van der Waals surface area (Å²) in [6.07, 6.45) is 0. The van der Waals surface area contributed by atoms with Crippen LogP contribution in [0.25, 0.3) is 0 Å². The van der Waals surface area contributed by atoms with Crippen molar-refractivity contribution >= 4 is 52.5 Å². The number of hydrogen-bond acceptors (Lipinski definition) is 3. The maximum Gasteiger partial charge on any atom is 0.259 e. The zero-order valence-electron chi connectivity index (χ0n) is 18.8. The third-order valence-corrected chi connectivity index (χ3v) is 7.70. The fourth-order valence-electron chi connectivity index (χ4n) is 3.96. The molecule has 1 heterocycles. The molecule has 4 nitrogen and oxygen atoms in total. The molecule has 0 saturated carbocycles. The smallest absolute Gasteiger partial charge is 0.259 e. The zero-order valence-corrected chi connectivity index (χ0v) is 21.1. The molecule has 2 amide bonds. The second-order valence-electron chi connectivity index (χ2n) is 8.18. The Morgan fingerprint density at radius 1 is 0.861 bits per heavy atom. The molecular formula is C28H19Cl2FN2O2S. The van der Waals surface area contributed by atoms with Crippen molar-refractivity contribution in [1.29, 1.82) is 0 Å². The Balaban J connectivity index is 1.51. The van der Waals surface area contributed by atoms with E-state index in [1.807, 2.05) is 42.5 Å². The Bertz CT molecular complexity index is 1490. The third kappa shape index (κ3) is 4.98. The van der Waals surface area contributed by atoms with Crippen LogP contribution in [-0.4, -0.2) is 11.8 Å². The summed E-state index contributed by atoms with van der Waals surface area (Å²) >= 11 is 14.0. The van der Waals surface area contributed by atoms with Gasteiger partial charge in [-0.15, -0.1) is 0 Å². The maximum absolute atomic E-state index is 13.7. The Kier molecular flexibility index (Phi) is 7.01. The van der Waals surface area contributed by atoms with Crippen molar-refractivity contribution in [3.8, 4) is 0 Å². The van der Waals surface area contributed by atoms with Crippen LogP contribution in [-0.2, 0) is 13.1 Å². The quantitative estimate of drug-likeness (QED) is 0.289. The summed E-state index contributed by atoms with van der Waals surface area (Å²) in [6.45, 7) is 0.383. The van der Waals surface area contributed by atoms with Crippen LogP contribution in [0.3, 0.4) is 0 Å². The van der Waals surface area contributed by atoms with E-state index < -0.39 is 5.82 Å². The van der Waals surface area contributed by atoms with Gasteiger partial charge < -0.3 is 10.2 Å². The van der Waals surface area contributed by atoms with E-state index in [2.05, 4.69) is 5.32 Å². The Morgan fingerprint density at radius 2 is 1.64 bits per heavy atom. The lowest BCUT2D eigenvalue weighted by Gasteiger charge is -2.24. The maximum atomic E-state index is 13.7. The van der Waals surface area contributed by atoms with Gasteiger partial charge in [0.2, 0.25) is 0 Å². The van der Waals surface area contributed by atoms with Crippen molar-refractivity contribution in [2.75, 3.05) is 4.90 Å². The van der Waals surface area contributed by atoms with Crippen LogP contribution in [0.4, 0.5) is 10.1 Å². The highest BCUT2D eigenvalue weighted by molar-refractivity contribution is 7.99. The van der Waals surface area contributed by atoms with Crippen LogP contribution in [0.2, 0.25) is 10.0 Å². The van der Waals surface area contributed by atoms with Gasteiger partial charge in [0.05, 0.1) is 17.8 Å². The molecule has 1 aliphatic rings. The van der Waals surface area contributed by atoms with E-state index in [0.717, 1.165) is 15.4 Å². The summed E-state index contributed by atoms with van der Waals surface area (Å²) in [5.74, 6) is -0.979. The molecule has 0 fully saturated rings. The molecule has 0 atom stereocenters. The molecule has 5 rings (SSSR count). The Morgan fingerprint density at radius 3 is 2.44 bits per heavy atom. The Labute approximate surface area is 222 Å². The number of hydrogen-bond donors (Lipinski definition) is 1. The number of nitrogens with one attached hydrogen (secondary N) is 1. The summed E-state index contributed by atoms with van der Waals surface area (Å²) in [6, 6.07) is 24.0. The molecule has 4 aromatic carbocycles. The van der Waals surface area contributed by atoms with Gasteiger partial charge in [-0.3, -0.25) is 9.59 Å². The van der Waals surface area contributed by atoms with Crippen molar-refractivity contribution in [1.82, 2.24) is 5.32 Å². The summed E-state index contributed by atoms with van der Waals surface area (Å²) in [7, 11) is 0. The molecular weight excluding hydrogens is 518 g/mol. The van der Waals surface area contributed by atoms with E-state index in [4.69, 9.17) is 23.2 Å². The molecule has 0 spiro atoms. The number of carbonyl (C=O) groups excluding carboxylic acids is 2. The predicted octanol–water partition coefficient (Wildman–Crippen LogP) is 7.37. The number of nitrogens with zero attached hydrogens (tertiary/aromatic N) is 1. The summed E-state index contributed by atoms with van der Waals surface area (Å²) in [5, 5.41) is 3.69. The first-order chi connectivity index (χ1) is 17.4. The summed E-state index contributed by atoms with van der Waals surface area (Å²) in [5.41, 5.74) is 2.91. The standard InChI is InChI=1S/C28H19Cl2FN2O2S/c29-22-7-3-1-5-18(22)15-32-27(34)17-10-12-26-24(13-17)33(16-19-9-11-20(31)14-23(19)30)28(35)21-6-2-4-8-25(21)36-26/h1-14H,15-16H2,(H,32,34). The van der Waals surface area contributed by atoms with Crippen LogP contribution in [0.15, 0.2) is 94.7 Å². The van der Waals surface area contributed by atoms with Gasteiger partial charge in [-0.25, -0.2) is 4.39 Å². The zero-order chi connectivity index (χ0) is 25.2. The topological polar surface area (TPSA) is 49.4 Å². The van der Waals surface area contributed by atoms with Gasteiger partial charge in [-0.05, 0) is 59.7 Å². The van der Waals surface area contributed by atoms with Gasteiger partial charge in [0, 0.05) is 31.9 Å².